The summed E-state index contributed by atoms with van der Waals surface area (Å²) < 4.78 is 0. The molecular weight excluding hydrogens is 242 g/mol. The third-order valence-electron chi connectivity index (χ3n) is 4.28. The lowest BCUT2D eigenvalue weighted by atomic mass is 9.76. The summed E-state index contributed by atoms with van der Waals surface area (Å²) in [5, 5.41) is 9.50. The molecule has 1 aromatic rings. The molecule has 4 nitrogen and oxygen atoms in total. The van der Waals surface area contributed by atoms with Gasteiger partial charge < -0.3 is 5.11 Å². The van der Waals surface area contributed by atoms with Crippen LogP contribution in [0.25, 0.3) is 0 Å². The second-order valence-corrected chi connectivity index (χ2v) is 5.66. The Balaban J connectivity index is 1.95. The van der Waals surface area contributed by atoms with E-state index in [-0.39, 0.29) is 29.4 Å². The highest BCUT2D eigenvalue weighted by molar-refractivity contribution is 6.22. The van der Waals surface area contributed by atoms with Crippen LogP contribution in [0, 0.1) is 17.8 Å². The fourth-order valence-electron chi connectivity index (χ4n) is 3.28. The standard InChI is InChI=1S/C15H17NO3/c1-9-5-6-12-13(7-9)15(19)16(14(12)18)10-3-2-4-11(17)8-10/h2-4,8-9,12-13,17H,5-7H2,1H3. The lowest BCUT2D eigenvalue weighted by molar-refractivity contribution is -0.122. The fraction of sp³-hybridized carbons (Fsp3) is 0.467. The van der Waals surface area contributed by atoms with E-state index in [0.29, 0.717) is 11.6 Å². The molecule has 2 fully saturated rings. The van der Waals surface area contributed by atoms with Crippen molar-refractivity contribution in [3.63, 3.8) is 0 Å². The Bertz CT molecular complexity index is 540. The van der Waals surface area contributed by atoms with Gasteiger partial charge in [-0.3, -0.25) is 9.59 Å². The second kappa shape index (κ2) is 4.37. The van der Waals surface area contributed by atoms with Crippen LogP contribution in [0.4, 0.5) is 5.69 Å². The lowest BCUT2D eigenvalue weighted by Crippen LogP contribution is -2.30. The first kappa shape index (κ1) is 12.2. The largest absolute Gasteiger partial charge is 0.508 e. The van der Waals surface area contributed by atoms with E-state index in [0.717, 1.165) is 19.3 Å². The van der Waals surface area contributed by atoms with Gasteiger partial charge >= 0.3 is 0 Å². The van der Waals surface area contributed by atoms with E-state index in [9.17, 15) is 14.7 Å². The number of imide groups is 1. The van der Waals surface area contributed by atoms with Gasteiger partial charge in [0.25, 0.3) is 0 Å². The van der Waals surface area contributed by atoms with Gasteiger partial charge in [-0.1, -0.05) is 13.0 Å². The normalized spacial score (nSPS) is 30.6. The first-order chi connectivity index (χ1) is 9.08. The molecule has 0 aromatic heterocycles. The molecule has 1 aliphatic heterocycles. The molecule has 3 rings (SSSR count). The number of anilines is 1. The van der Waals surface area contributed by atoms with Crippen LogP contribution in [0.3, 0.4) is 0 Å². The quantitative estimate of drug-likeness (QED) is 0.787. The lowest BCUT2D eigenvalue weighted by Gasteiger charge is -2.25. The Morgan fingerprint density at radius 3 is 2.63 bits per heavy atom. The molecule has 0 spiro atoms. The highest BCUT2D eigenvalue weighted by atomic mass is 16.3. The van der Waals surface area contributed by atoms with Gasteiger partial charge in [0.15, 0.2) is 0 Å². The molecule has 1 N–H and O–H groups in total. The maximum absolute atomic E-state index is 12.4. The number of phenols is 1. The minimum atomic E-state index is -0.168. The van der Waals surface area contributed by atoms with Crippen LogP contribution < -0.4 is 4.90 Å². The summed E-state index contributed by atoms with van der Waals surface area (Å²) in [4.78, 5) is 26.1. The number of carbonyl (C=O) groups excluding carboxylic acids is 2. The molecule has 1 saturated heterocycles. The first-order valence-corrected chi connectivity index (χ1v) is 6.75. The van der Waals surface area contributed by atoms with E-state index in [4.69, 9.17) is 0 Å². The van der Waals surface area contributed by atoms with Gasteiger partial charge in [0.2, 0.25) is 11.8 Å². The third-order valence-corrected chi connectivity index (χ3v) is 4.28. The van der Waals surface area contributed by atoms with Crippen molar-refractivity contribution < 1.29 is 14.7 Å². The zero-order chi connectivity index (χ0) is 13.6. The Hall–Kier alpha value is -1.84. The molecule has 2 amide bonds. The number of aromatic hydroxyl groups is 1. The van der Waals surface area contributed by atoms with Gasteiger partial charge in [0, 0.05) is 6.07 Å². The van der Waals surface area contributed by atoms with Gasteiger partial charge in [-0.05, 0) is 37.3 Å². The average Bonchev–Trinajstić information content (AvgIpc) is 2.61. The number of nitrogens with zero attached hydrogens (tertiary/aromatic N) is 1. The maximum Gasteiger partial charge on any atom is 0.237 e. The predicted octanol–water partition coefficient (Wildman–Crippen LogP) is 2.32. The summed E-state index contributed by atoms with van der Waals surface area (Å²) in [5.41, 5.74) is 0.483. The van der Waals surface area contributed by atoms with E-state index >= 15 is 0 Å². The summed E-state index contributed by atoms with van der Waals surface area (Å²) in [5.74, 6) is 0.0350. The molecule has 1 aromatic carbocycles. The summed E-state index contributed by atoms with van der Waals surface area (Å²) in [6.45, 7) is 2.13. The SMILES string of the molecule is CC1CCC2C(=O)N(c3cccc(O)c3)C(=O)C2C1. The third kappa shape index (κ3) is 1.91. The van der Waals surface area contributed by atoms with Gasteiger partial charge in [-0.2, -0.15) is 0 Å². The minimum Gasteiger partial charge on any atom is -0.508 e. The van der Waals surface area contributed by atoms with Crippen molar-refractivity contribution in [1.29, 1.82) is 0 Å². The molecule has 100 valence electrons. The van der Waals surface area contributed by atoms with Crippen LogP contribution in [0.15, 0.2) is 24.3 Å². The van der Waals surface area contributed by atoms with Crippen molar-refractivity contribution in [2.45, 2.75) is 26.2 Å². The van der Waals surface area contributed by atoms with Crippen LogP contribution in [-0.4, -0.2) is 16.9 Å². The number of hydrogen-bond donors (Lipinski definition) is 1. The number of hydrogen-bond acceptors (Lipinski definition) is 3. The Kier molecular flexibility index (Phi) is 2.81. The summed E-state index contributed by atoms with van der Waals surface area (Å²) >= 11 is 0. The van der Waals surface area contributed by atoms with Crippen molar-refractivity contribution >= 4 is 17.5 Å². The Labute approximate surface area is 112 Å². The highest BCUT2D eigenvalue weighted by Gasteiger charge is 2.49. The van der Waals surface area contributed by atoms with Crippen LogP contribution in [0.5, 0.6) is 5.75 Å². The van der Waals surface area contributed by atoms with Gasteiger partial charge in [-0.15, -0.1) is 0 Å². The summed E-state index contributed by atoms with van der Waals surface area (Å²) in [6.07, 6.45) is 2.60. The van der Waals surface area contributed by atoms with Crippen molar-refractivity contribution in [2.75, 3.05) is 4.90 Å². The van der Waals surface area contributed by atoms with Crippen molar-refractivity contribution in [3.8, 4) is 5.75 Å². The summed E-state index contributed by atoms with van der Waals surface area (Å²) in [7, 11) is 0. The van der Waals surface area contributed by atoms with E-state index in [1.54, 1.807) is 12.1 Å². The predicted molar refractivity (Wildman–Crippen MR) is 70.6 cm³/mol. The van der Waals surface area contributed by atoms with E-state index in [1.807, 2.05) is 0 Å². The number of carbonyl (C=O) groups is 2. The molecule has 2 aliphatic rings. The molecule has 3 atom stereocenters. The van der Waals surface area contributed by atoms with Crippen LogP contribution in [0.2, 0.25) is 0 Å². The topological polar surface area (TPSA) is 57.6 Å². The van der Waals surface area contributed by atoms with Crippen molar-refractivity contribution in [2.24, 2.45) is 17.8 Å². The molecule has 4 heteroatoms. The average molecular weight is 259 g/mol. The number of benzene rings is 1. The molecule has 0 bridgehead atoms. The molecule has 19 heavy (non-hydrogen) atoms. The van der Waals surface area contributed by atoms with E-state index in [1.165, 1.54) is 17.0 Å². The van der Waals surface area contributed by atoms with E-state index < -0.39 is 0 Å². The first-order valence-electron chi connectivity index (χ1n) is 6.75. The molecular formula is C15H17NO3. The number of rotatable bonds is 1. The molecule has 0 radical (unpaired) electrons. The molecule has 3 unspecified atom stereocenters. The maximum atomic E-state index is 12.4. The molecule has 1 heterocycles. The monoisotopic (exact) mass is 259 g/mol. The zero-order valence-corrected chi connectivity index (χ0v) is 10.9. The zero-order valence-electron chi connectivity index (χ0n) is 10.9. The van der Waals surface area contributed by atoms with Crippen molar-refractivity contribution in [3.05, 3.63) is 24.3 Å². The Morgan fingerprint density at radius 1 is 1.16 bits per heavy atom. The number of amides is 2. The number of phenolic OH excluding ortho intramolecular Hbond substituents is 1. The molecule has 1 saturated carbocycles. The van der Waals surface area contributed by atoms with Crippen molar-refractivity contribution in [1.82, 2.24) is 0 Å². The second-order valence-electron chi connectivity index (χ2n) is 5.66. The van der Waals surface area contributed by atoms with Crippen LogP contribution in [0.1, 0.15) is 26.2 Å². The minimum absolute atomic E-state index is 0.0707. The summed E-state index contributed by atoms with van der Waals surface area (Å²) in [6, 6.07) is 6.34. The fourth-order valence-corrected chi connectivity index (χ4v) is 3.28. The van der Waals surface area contributed by atoms with Crippen LogP contribution in [-0.2, 0) is 9.59 Å². The van der Waals surface area contributed by atoms with Gasteiger partial charge in [-0.25, -0.2) is 4.90 Å². The molecule has 1 aliphatic carbocycles. The van der Waals surface area contributed by atoms with E-state index in [2.05, 4.69) is 6.92 Å². The van der Waals surface area contributed by atoms with Crippen LogP contribution >= 0.6 is 0 Å². The highest BCUT2D eigenvalue weighted by Crippen LogP contribution is 2.42. The smallest absolute Gasteiger partial charge is 0.237 e. The Morgan fingerprint density at radius 2 is 1.89 bits per heavy atom. The number of fused-ring (bicyclic) bond motifs is 1. The van der Waals surface area contributed by atoms with Gasteiger partial charge in [0.05, 0.1) is 17.5 Å². The van der Waals surface area contributed by atoms with Gasteiger partial charge in [0.1, 0.15) is 5.75 Å².